The molecule has 2 aliphatic rings. The van der Waals surface area contributed by atoms with Gasteiger partial charge in [-0.05, 0) is 37.8 Å². The Morgan fingerprint density at radius 1 is 1.27 bits per heavy atom. The Hall–Kier alpha value is -0.570. The maximum Gasteiger partial charge on any atom is 0.307 e. The van der Waals surface area contributed by atoms with Gasteiger partial charge in [0.05, 0.1) is 5.92 Å². The molecule has 0 spiro atoms. The van der Waals surface area contributed by atoms with Gasteiger partial charge in [0.25, 0.3) is 0 Å². The Labute approximate surface area is 65.8 Å². The summed E-state index contributed by atoms with van der Waals surface area (Å²) in [4.78, 5) is 10.8. The van der Waals surface area contributed by atoms with Gasteiger partial charge in [-0.25, -0.2) is 0 Å². The maximum absolute atomic E-state index is 10.8. The summed E-state index contributed by atoms with van der Waals surface area (Å²) >= 11 is 0. The van der Waals surface area contributed by atoms with Gasteiger partial charge in [0.15, 0.2) is 0 Å². The highest BCUT2D eigenvalue weighted by Gasteiger charge is 2.43. The lowest BCUT2D eigenvalue weighted by molar-refractivity contribution is -0.145. The topological polar surface area (TPSA) is 49.3 Å². The molecule has 2 bridgehead atoms. The van der Waals surface area contributed by atoms with Crippen LogP contribution >= 0.6 is 0 Å². The second kappa shape index (κ2) is 2.48. The molecule has 62 valence electrons. The van der Waals surface area contributed by atoms with E-state index in [-0.39, 0.29) is 5.92 Å². The largest absolute Gasteiger partial charge is 0.481 e. The Bertz CT molecular complexity index is 165. The number of carbonyl (C=O) groups is 1. The summed E-state index contributed by atoms with van der Waals surface area (Å²) in [5.41, 5.74) is 0. The molecule has 2 N–H and O–H groups in total. The Morgan fingerprint density at radius 3 is 2.18 bits per heavy atom. The first-order valence-electron chi connectivity index (χ1n) is 4.22. The van der Waals surface area contributed by atoms with E-state index in [4.69, 9.17) is 5.11 Å². The normalized spacial score (nSPS) is 42.4. The molecule has 2 atom stereocenters. The fourth-order valence-electron chi connectivity index (χ4n) is 2.49. The zero-order valence-electron chi connectivity index (χ0n) is 6.42. The molecule has 1 heterocycles. The number of fused-ring (bicyclic) bond motifs is 2. The number of carboxylic acids is 1. The van der Waals surface area contributed by atoms with Gasteiger partial charge in [0.1, 0.15) is 0 Å². The summed E-state index contributed by atoms with van der Waals surface area (Å²) in [5.74, 6) is 0.188. The van der Waals surface area contributed by atoms with E-state index in [1.54, 1.807) is 0 Å². The summed E-state index contributed by atoms with van der Waals surface area (Å²) < 4.78 is 0. The fourth-order valence-corrected chi connectivity index (χ4v) is 2.49. The summed E-state index contributed by atoms with van der Waals surface area (Å²) in [6.45, 7) is 1.82. The van der Waals surface area contributed by atoms with Crippen molar-refractivity contribution >= 4 is 5.97 Å². The molecule has 1 saturated carbocycles. The third-order valence-electron chi connectivity index (χ3n) is 3.02. The molecular formula is C8H13NO2. The van der Waals surface area contributed by atoms with E-state index in [1.165, 1.54) is 0 Å². The summed E-state index contributed by atoms with van der Waals surface area (Å²) in [7, 11) is 0. The molecule has 0 aromatic heterocycles. The van der Waals surface area contributed by atoms with Gasteiger partial charge in [0.2, 0.25) is 0 Å². The zero-order chi connectivity index (χ0) is 7.84. The van der Waals surface area contributed by atoms with Crippen LogP contribution in [0, 0.1) is 17.8 Å². The average molecular weight is 155 g/mol. The molecule has 1 aliphatic carbocycles. The van der Waals surface area contributed by atoms with Crippen molar-refractivity contribution in [2.24, 2.45) is 17.8 Å². The molecule has 2 rings (SSSR count). The summed E-state index contributed by atoms with van der Waals surface area (Å²) in [6, 6.07) is 0. The lowest BCUT2D eigenvalue weighted by Gasteiger charge is -2.26. The zero-order valence-corrected chi connectivity index (χ0v) is 6.42. The van der Waals surface area contributed by atoms with Crippen molar-refractivity contribution in [1.29, 1.82) is 0 Å². The molecule has 0 aromatic carbocycles. The Balaban J connectivity index is 2.15. The molecule has 2 fully saturated rings. The highest BCUT2D eigenvalue weighted by Crippen LogP contribution is 2.38. The molecule has 0 amide bonds. The maximum atomic E-state index is 10.8. The number of piperidine rings is 1. The highest BCUT2D eigenvalue weighted by atomic mass is 16.4. The second-order valence-electron chi connectivity index (χ2n) is 3.62. The summed E-state index contributed by atoms with van der Waals surface area (Å²) in [5, 5.41) is 12.2. The standard InChI is InChI=1S/C8H13NO2/c10-8(11)7-5-1-2-6(7)4-9-3-5/h5-7,9H,1-4H2,(H,10,11)/t5-,6-/m0/s1. The number of rotatable bonds is 1. The van der Waals surface area contributed by atoms with Crippen LogP contribution in [-0.4, -0.2) is 24.2 Å². The number of hydrogen-bond acceptors (Lipinski definition) is 2. The van der Waals surface area contributed by atoms with Crippen LogP contribution in [0.15, 0.2) is 0 Å². The van der Waals surface area contributed by atoms with Crippen LogP contribution in [-0.2, 0) is 4.79 Å². The van der Waals surface area contributed by atoms with Crippen molar-refractivity contribution in [2.45, 2.75) is 12.8 Å². The Kier molecular flexibility index (Phi) is 1.60. The van der Waals surface area contributed by atoms with Crippen LogP contribution in [0.1, 0.15) is 12.8 Å². The number of hydrogen-bond donors (Lipinski definition) is 2. The molecule has 3 heteroatoms. The van der Waals surface area contributed by atoms with Crippen molar-refractivity contribution in [3.05, 3.63) is 0 Å². The van der Waals surface area contributed by atoms with Crippen LogP contribution in [0.5, 0.6) is 0 Å². The highest BCUT2D eigenvalue weighted by molar-refractivity contribution is 5.71. The van der Waals surface area contributed by atoms with Crippen molar-refractivity contribution in [3.8, 4) is 0 Å². The molecule has 0 aromatic rings. The first kappa shape index (κ1) is 7.10. The van der Waals surface area contributed by atoms with Gasteiger partial charge < -0.3 is 10.4 Å². The lowest BCUT2D eigenvalue weighted by Crippen LogP contribution is -2.41. The lowest BCUT2D eigenvalue weighted by atomic mass is 9.86. The average Bonchev–Trinajstić information content (AvgIpc) is 2.23. The van der Waals surface area contributed by atoms with E-state index in [2.05, 4.69) is 5.32 Å². The number of aliphatic carboxylic acids is 1. The van der Waals surface area contributed by atoms with Crippen molar-refractivity contribution in [2.75, 3.05) is 13.1 Å². The van der Waals surface area contributed by atoms with E-state index in [1.807, 2.05) is 0 Å². The minimum atomic E-state index is -0.584. The molecule has 1 saturated heterocycles. The van der Waals surface area contributed by atoms with Gasteiger partial charge in [-0.1, -0.05) is 0 Å². The summed E-state index contributed by atoms with van der Waals surface area (Å²) in [6.07, 6.45) is 2.21. The third-order valence-corrected chi connectivity index (χ3v) is 3.02. The molecule has 1 aliphatic heterocycles. The number of carboxylic acid groups (broad SMARTS) is 1. The van der Waals surface area contributed by atoms with E-state index in [0.29, 0.717) is 11.8 Å². The van der Waals surface area contributed by atoms with Crippen LogP contribution in [0.25, 0.3) is 0 Å². The minimum absolute atomic E-state index is 0.0451. The van der Waals surface area contributed by atoms with E-state index < -0.39 is 5.97 Å². The molecule has 3 nitrogen and oxygen atoms in total. The van der Waals surface area contributed by atoms with Gasteiger partial charge in [0, 0.05) is 0 Å². The smallest absolute Gasteiger partial charge is 0.307 e. The predicted molar refractivity (Wildman–Crippen MR) is 40.2 cm³/mol. The van der Waals surface area contributed by atoms with E-state index in [9.17, 15) is 4.79 Å². The molecule has 0 unspecified atom stereocenters. The van der Waals surface area contributed by atoms with Crippen molar-refractivity contribution in [3.63, 3.8) is 0 Å². The van der Waals surface area contributed by atoms with Crippen LogP contribution < -0.4 is 5.32 Å². The second-order valence-corrected chi connectivity index (χ2v) is 3.62. The SMILES string of the molecule is O=C(O)C1[C@H]2CC[C@H]1CNC2. The first-order valence-corrected chi connectivity index (χ1v) is 4.22. The van der Waals surface area contributed by atoms with E-state index >= 15 is 0 Å². The van der Waals surface area contributed by atoms with Gasteiger partial charge >= 0.3 is 5.97 Å². The fraction of sp³-hybridized carbons (Fsp3) is 0.875. The minimum Gasteiger partial charge on any atom is -0.481 e. The molecular weight excluding hydrogens is 142 g/mol. The predicted octanol–water partition coefficient (Wildman–Crippen LogP) is 0.317. The number of nitrogens with one attached hydrogen (secondary N) is 1. The monoisotopic (exact) mass is 155 g/mol. The third kappa shape index (κ3) is 1.03. The van der Waals surface area contributed by atoms with Crippen molar-refractivity contribution in [1.82, 2.24) is 5.32 Å². The van der Waals surface area contributed by atoms with Crippen LogP contribution in [0.2, 0.25) is 0 Å². The first-order chi connectivity index (χ1) is 5.29. The van der Waals surface area contributed by atoms with Gasteiger partial charge in [-0.3, -0.25) is 4.79 Å². The van der Waals surface area contributed by atoms with Crippen molar-refractivity contribution < 1.29 is 9.90 Å². The van der Waals surface area contributed by atoms with Gasteiger partial charge in [-0.15, -0.1) is 0 Å². The molecule has 0 radical (unpaired) electrons. The van der Waals surface area contributed by atoms with Crippen LogP contribution in [0.3, 0.4) is 0 Å². The quantitative estimate of drug-likeness (QED) is 0.573. The van der Waals surface area contributed by atoms with Gasteiger partial charge in [-0.2, -0.15) is 0 Å². The van der Waals surface area contributed by atoms with E-state index in [0.717, 1.165) is 25.9 Å². The Morgan fingerprint density at radius 2 is 1.82 bits per heavy atom. The van der Waals surface area contributed by atoms with Crippen LogP contribution in [0.4, 0.5) is 0 Å². The molecule has 11 heavy (non-hydrogen) atoms.